The SMILES string of the molecule is O=C(C[C@@]1(COc2ccc(F)cc2)CCCN(C(=O)C2(c3ccccc3F)CCCC2)C1)N1CCCCC1. The topological polar surface area (TPSA) is 49.9 Å². The van der Waals surface area contributed by atoms with Gasteiger partial charge in [-0.05, 0) is 75.3 Å². The summed E-state index contributed by atoms with van der Waals surface area (Å²) >= 11 is 0. The molecule has 0 bridgehead atoms. The Balaban J connectivity index is 1.40. The largest absolute Gasteiger partial charge is 0.493 e. The smallest absolute Gasteiger partial charge is 0.233 e. The van der Waals surface area contributed by atoms with Gasteiger partial charge in [-0.3, -0.25) is 9.59 Å². The van der Waals surface area contributed by atoms with Crippen LogP contribution < -0.4 is 4.74 Å². The van der Waals surface area contributed by atoms with Crippen LogP contribution in [0, 0.1) is 17.0 Å². The van der Waals surface area contributed by atoms with Crippen molar-refractivity contribution in [3.63, 3.8) is 0 Å². The van der Waals surface area contributed by atoms with Gasteiger partial charge in [0.1, 0.15) is 17.4 Å². The van der Waals surface area contributed by atoms with E-state index >= 15 is 4.39 Å². The summed E-state index contributed by atoms with van der Waals surface area (Å²) < 4.78 is 34.6. The first-order valence-electron chi connectivity index (χ1n) is 14.1. The quantitative estimate of drug-likeness (QED) is 0.455. The van der Waals surface area contributed by atoms with Crippen molar-refractivity contribution in [1.29, 1.82) is 0 Å². The molecule has 204 valence electrons. The first kappa shape index (κ1) is 26.6. The van der Waals surface area contributed by atoms with E-state index in [0.717, 1.165) is 58.0 Å². The number of rotatable bonds is 7. The fraction of sp³-hybridized carbons (Fsp3) is 0.548. The maximum Gasteiger partial charge on any atom is 0.233 e. The predicted octanol–water partition coefficient (Wildman–Crippen LogP) is 5.87. The lowest BCUT2D eigenvalue weighted by atomic mass is 9.73. The normalized spacial score (nSPS) is 23.3. The minimum Gasteiger partial charge on any atom is -0.493 e. The summed E-state index contributed by atoms with van der Waals surface area (Å²) in [6.45, 7) is 2.78. The number of likely N-dealkylation sites (tertiary alicyclic amines) is 2. The number of hydrogen-bond acceptors (Lipinski definition) is 3. The van der Waals surface area contributed by atoms with Gasteiger partial charge in [-0.15, -0.1) is 0 Å². The van der Waals surface area contributed by atoms with Gasteiger partial charge in [-0.25, -0.2) is 8.78 Å². The molecule has 2 saturated heterocycles. The van der Waals surface area contributed by atoms with Crippen LogP contribution in [-0.4, -0.2) is 54.4 Å². The molecule has 2 aliphatic heterocycles. The lowest BCUT2D eigenvalue weighted by Crippen LogP contribution is -2.55. The zero-order valence-electron chi connectivity index (χ0n) is 22.1. The van der Waals surface area contributed by atoms with Crippen molar-refractivity contribution in [3.05, 3.63) is 65.7 Å². The van der Waals surface area contributed by atoms with Gasteiger partial charge in [0.15, 0.2) is 0 Å². The summed E-state index contributed by atoms with van der Waals surface area (Å²) in [5.74, 6) is -0.0521. The van der Waals surface area contributed by atoms with Crippen LogP contribution in [0.25, 0.3) is 0 Å². The number of carbonyl (C=O) groups excluding carboxylic acids is 2. The van der Waals surface area contributed by atoms with Crippen molar-refractivity contribution in [2.24, 2.45) is 5.41 Å². The number of hydrogen-bond donors (Lipinski definition) is 0. The molecular weight excluding hydrogens is 486 g/mol. The Labute approximate surface area is 224 Å². The second-order valence-electron chi connectivity index (χ2n) is 11.5. The molecule has 7 heteroatoms. The van der Waals surface area contributed by atoms with Gasteiger partial charge in [0, 0.05) is 43.6 Å². The van der Waals surface area contributed by atoms with Crippen molar-refractivity contribution in [2.75, 3.05) is 32.8 Å². The highest BCUT2D eigenvalue weighted by molar-refractivity contribution is 5.89. The Morgan fingerprint density at radius 1 is 0.789 bits per heavy atom. The van der Waals surface area contributed by atoms with Gasteiger partial charge in [-0.1, -0.05) is 31.0 Å². The third-order valence-corrected chi connectivity index (χ3v) is 8.80. The lowest BCUT2D eigenvalue weighted by molar-refractivity contribution is -0.145. The molecule has 3 fully saturated rings. The predicted molar refractivity (Wildman–Crippen MR) is 142 cm³/mol. The highest BCUT2D eigenvalue weighted by atomic mass is 19.1. The molecular formula is C31H38F2N2O3. The van der Waals surface area contributed by atoms with E-state index in [1.165, 1.54) is 18.2 Å². The number of halogens is 2. The lowest BCUT2D eigenvalue weighted by Gasteiger charge is -2.46. The maximum atomic E-state index is 15.0. The van der Waals surface area contributed by atoms with Crippen LogP contribution in [0.1, 0.15) is 69.8 Å². The summed E-state index contributed by atoms with van der Waals surface area (Å²) in [6.07, 6.45) is 8.02. The molecule has 2 aromatic rings. The van der Waals surface area contributed by atoms with E-state index in [9.17, 15) is 14.0 Å². The highest BCUT2D eigenvalue weighted by Crippen LogP contribution is 2.45. The molecule has 5 rings (SSSR count). The van der Waals surface area contributed by atoms with Crippen molar-refractivity contribution in [2.45, 2.75) is 69.6 Å². The minimum absolute atomic E-state index is 0.0311. The molecule has 3 aliphatic rings. The van der Waals surface area contributed by atoms with Gasteiger partial charge < -0.3 is 14.5 Å². The van der Waals surface area contributed by atoms with E-state index in [-0.39, 0.29) is 30.1 Å². The average Bonchev–Trinajstić information content (AvgIpc) is 3.44. The first-order chi connectivity index (χ1) is 18.4. The van der Waals surface area contributed by atoms with Crippen LogP contribution in [0.15, 0.2) is 48.5 Å². The van der Waals surface area contributed by atoms with Crippen LogP contribution in [-0.2, 0) is 15.0 Å². The number of piperidine rings is 2. The molecule has 1 aliphatic carbocycles. The van der Waals surface area contributed by atoms with Crippen molar-refractivity contribution < 1.29 is 23.1 Å². The molecule has 38 heavy (non-hydrogen) atoms. The summed E-state index contributed by atoms with van der Waals surface area (Å²) in [4.78, 5) is 31.5. The number of benzene rings is 2. The van der Waals surface area contributed by atoms with Crippen LogP contribution >= 0.6 is 0 Å². The van der Waals surface area contributed by atoms with E-state index in [1.807, 2.05) is 9.80 Å². The fourth-order valence-electron chi connectivity index (χ4n) is 6.77. The zero-order chi connectivity index (χ0) is 26.6. The molecule has 2 heterocycles. The maximum absolute atomic E-state index is 15.0. The molecule has 0 unspecified atom stereocenters. The summed E-state index contributed by atoms with van der Waals surface area (Å²) in [6, 6.07) is 12.6. The van der Waals surface area contributed by atoms with Gasteiger partial charge in [0.05, 0.1) is 12.0 Å². The van der Waals surface area contributed by atoms with Crippen molar-refractivity contribution in [1.82, 2.24) is 9.80 Å². The molecule has 0 radical (unpaired) electrons. The Morgan fingerprint density at radius 3 is 2.18 bits per heavy atom. The van der Waals surface area contributed by atoms with Gasteiger partial charge in [0.2, 0.25) is 11.8 Å². The Morgan fingerprint density at radius 2 is 1.47 bits per heavy atom. The standard InChI is InChI=1S/C31H38F2N2O3/c32-24-11-13-25(14-12-24)38-23-30(21-28(36)34-18-6-1-7-19-34)15-8-20-35(22-30)29(37)31(16-4-5-17-31)26-9-2-3-10-27(26)33/h2-3,9-14H,1,4-8,15-23H2/t30-/m0/s1. The minimum atomic E-state index is -0.858. The van der Waals surface area contributed by atoms with Crippen molar-refractivity contribution in [3.8, 4) is 5.75 Å². The van der Waals surface area contributed by atoms with Crippen molar-refractivity contribution >= 4 is 11.8 Å². The third-order valence-electron chi connectivity index (χ3n) is 8.80. The van der Waals surface area contributed by atoms with E-state index in [1.54, 1.807) is 30.3 Å². The van der Waals surface area contributed by atoms with E-state index in [4.69, 9.17) is 4.74 Å². The van der Waals surface area contributed by atoms with Gasteiger partial charge in [0.25, 0.3) is 0 Å². The van der Waals surface area contributed by atoms with Gasteiger partial charge >= 0.3 is 0 Å². The van der Waals surface area contributed by atoms with Gasteiger partial charge in [-0.2, -0.15) is 0 Å². The molecule has 1 atom stereocenters. The molecule has 1 saturated carbocycles. The van der Waals surface area contributed by atoms with Crippen LogP contribution in [0.3, 0.4) is 0 Å². The summed E-state index contributed by atoms with van der Waals surface area (Å²) in [7, 11) is 0. The molecule has 5 nitrogen and oxygen atoms in total. The molecule has 0 aromatic heterocycles. The van der Waals surface area contributed by atoms with E-state index < -0.39 is 10.8 Å². The molecule has 0 spiro atoms. The van der Waals surface area contributed by atoms with Crippen LogP contribution in [0.5, 0.6) is 5.75 Å². The zero-order valence-corrected chi connectivity index (χ0v) is 22.1. The Kier molecular flexibility index (Phi) is 8.01. The third kappa shape index (κ3) is 5.57. The molecule has 2 amide bonds. The first-order valence-corrected chi connectivity index (χ1v) is 14.1. The number of amides is 2. The molecule has 0 N–H and O–H groups in total. The van der Waals surface area contributed by atoms with E-state index in [2.05, 4.69) is 0 Å². The number of carbonyl (C=O) groups is 2. The summed E-state index contributed by atoms with van der Waals surface area (Å²) in [5, 5.41) is 0. The number of nitrogens with zero attached hydrogens (tertiary/aromatic N) is 2. The summed E-state index contributed by atoms with van der Waals surface area (Å²) in [5.41, 5.74) is -0.930. The fourth-order valence-corrected chi connectivity index (χ4v) is 6.77. The monoisotopic (exact) mass is 524 g/mol. The second kappa shape index (κ2) is 11.4. The Bertz CT molecular complexity index is 1130. The number of ether oxygens (including phenoxy) is 1. The Hall–Kier alpha value is -2.96. The average molecular weight is 525 g/mol. The van der Waals surface area contributed by atoms with E-state index in [0.29, 0.717) is 43.7 Å². The molecule has 2 aromatic carbocycles. The van der Waals surface area contributed by atoms with Crippen LogP contribution in [0.4, 0.5) is 8.78 Å². The van der Waals surface area contributed by atoms with Crippen LogP contribution in [0.2, 0.25) is 0 Å². The second-order valence-corrected chi connectivity index (χ2v) is 11.5. The highest BCUT2D eigenvalue weighted by Gasteiger charge is 2.49.